The third-order valence-electron chi connectivity index (χ3n) is 3.45. The maximum absolute atomic E-state index is 12.7. The molecular formula is C16H12F3NOS. The lowest BCUT2D eigenvalue weighted by atomic mass is 10.1. The number of aromatic nitrogens is 1. The first-order chi connectivity index (χ1) is 10.4. The summed E-state index contributed by atoms with van der Waals surface area (Å²) in [5.74, 6) is 0.307. The lowest BCUT2D eigenvalue weighted by Crippen LogP contribution is -2.03. The number of nitrogens with zero attached hydrogens (tertiary/aromatic N) is 1. The van der Waals surface area contributed by atoms with Crippen molar-refractivity contribution in [1.29, 1.82) is 0 Å². The molecule has 0 atom stereocenters. The molecule has 2 nitrogen and oxygen atoms in total. The normalized spacial score (nSPS) is 12.0. The molecule has 1 aromatic heterocycles. The Morgan fingerprint density at radius 1 is 1.18 bits per heavy atom. The molecule has 114 valence electrons. The fraction of sp³-hybridized carbons (Fsp3) is 0.188. The fourth-order valence-corrected chi connectivity index (χ4v) is 2.73. The zero-order chi connectivity index (χ0) is 15.9. The van der Waals surface area contributed by atoms with E-state index in [0.29, 0.717) is 11.5 Å². The lowest BCUT2D eigenvalue weighted by molar-refractivity contribution is -0.137. The third-order valence-corrected chi connectivity index (χ3v) is 3.87. The van der Waals surface area contributed by atoms with Crippen LogP contribution in [0.4, 0.5) is 13.2 Å². The van der Waals surface area contributed by atoms with Crippen LogP contribution in [0.5, 0.6) is 0 Å². The van der Waals surface area contributed by atoms with E-state index in [9.17, 15) is 13.2 Å². The summed E-state index contributed by atoms with van der Waals surface area (Å²) in [6.45, 7) is 1.98. The first-order valence-corrected chi connectivity index (χ1v) is 7.14. The summed E-state index contributed by atoms with van der Waals surface area (Å²) in [4.78, 5) is 5.01. The Morgan fingerprint density at radius 2 is 1.95 bits per heavy atom. The number of rotatable bonds is 2. The Labute approximate surface area is 130 Å². The highest BCUT2D eigenvalue weighted by Gasteiger charge is 2.31. The van der Waals surface area contributed by atoms with E-state index in [1.165, 1.54) is 6.07 Å². The second kappa shape index (κ2) is 5.35. The molecule has 0 aliphatic rings. The van der Waals surface area contributed by atoms with Crippen molar-refractivity contribution in [2.24, 2.45) is 0 Å². The van der Waals surface area contributed by atoms with Crippen LogP contribution in [0.2, 0.25) is 0 Å². The molecule has 0 unspecified atom stereocenters. The van der Waals surface area contributed by atoms with Crippen LogP contribution >= 0.6 is 12.6 Å². The fourth-order valence-electron chi connectivity index (χ4n) is 2.37. The van der Waals surface area contributed by atoms with E-state index < -0.39 is 11.7 Å². The largest absolute Gasteiger partial charge is 0.436 e. The van der Waals surface area contributed by atoms with Crippen molar-refractivity contribution in [3.05, 3.63) is 47.5 Å². The Kier molecular flexibility index (Phi) is 3.64. The molecule has 0 saturated heterocycles. The monoisotopic (exact) mass is 323 g/mol. The Balaban J connectivity index is 2.16. The average molecular weight is 323 g/mol. The van der Waals surface area contributed by atoms with Crippen LogP contribution < -0.4 is 0 Å². The molecule has 0 radical (unpaired) electrons. The topological polar surface area (TPSA) is 26.0 Å². The quantitative estimate of drug-likeness (QED) is 0.642. The number of benzene rings is 2. The van der Waals surface area contributed by atoms with E-state index in [-0.39, 0.29) is 5.52 Å². The maximum Gasteiger partial charge on any atom is 0.416 e. The van der Waals surface area contributed by atoms with Gasteiger partial charge in [-0.2, -0.15) is 13.2 Å². The van der Waals surface area contributed by atoms with E-state index in [0.717, 1.165) is 34.6 Å². The maximum atomic E-state index is 12.7. The molecule has 1 heterocycles. The number of alkyl halides is 3. The number of halogens is 3. The summed E-state index contributed by atoms with van der Waals surface area (Å²) in [7, 11) is 0. The summed E-state index contributed by atoms with van der Waals surface area (Å²) in [5, 5.41) is 0. The predicted octanol–water partition coefficient (Wildman–Crippen LogP) is 5.36. The summed E-state index contributed by atoms with van der Waals surface area (Å²) < 4.78 is 43.9. The molecule has 3 aromatic rings. The van der Waals surface area contributed by atoms with E-state index in [1.807, 2.05) is 25.1 Å². The molecule has 0 aliphatic carbocycles. The van der Waals surface area contributed by atoms with Gasteiger partial charge in [-0.1, -0.05) is 13.0 Å². The molecule has 0 bridgehead atoms. The predicted molar refractivity (Wildman–Crippen MR) is 81.1 cm³/mol. The van der Waals surface area contributed by atoms with Gasteiger partial charge in [0.15, 0.2) is 5.58 Å². The van der Waals surface area contributed by atoms with Crippen LogP contribution in [0.1, 0.15) is 18.1 Å². The molecule has 0 spiro atoms. The number of hydrogen-bond donors (Lipinski definition) is 1. The summed E-state index contributed by atoms with van der Waals surface area (Å²) in [5.41, 5.74) is 1.48. The molecule has 0 fully saturated rings. The lowest BCUT2D eigenvalue weighted by Gasteiger charge is -2.06. The van der Waals surface area contributed by atoms with Gasteiger partial charge < -0.3 is 4.42 Å². The minimum Gasteiger partial charge on any atom is -0.436 e. The van der Waals surface area contributed by atoms with Crippen molar-refractivity contribution in [3.8, 4) is 11.5 Å². The van der Waals surface area contributed by atoms with Gasteiger partial charge in [0.2, 0.25) is 5.89 Å². The second-order valence-electron chi connectivity index (χ2n) is 4.86. The molecule has 0 amide bonds. The number of oxazole rings is 1. The highest BCUT2D eigenvalue weighted by atomic mass is 32.1. The van der Waals surface area contributed by atoms with Gasteiger partial charge in [-0.15, -0.1) is 12.6 Å². The van der Waals surface area contributed by atoms with Gasteiger partial charge in [-0.3, -0.25) is 0 Å². The number of fused-ring (bicyclic) bond motifs is 1. The van der Waals surface area contributed by atoms with E-state index in [4.69, 9.17) is 4.42 Å². The number of thiol groups is 1. The van der Waals surface area contributed by atoms with Crippen molar-refractivity contribution >= 4 is 23.7 Å². The molecule has 0 saturated carbocycles. The Hall–Kier alpha value is -1.95. The highest BCUT2D eigenvalue weighted by molar-refractivity contribution is 7.80. The minimum atomic E-state index is -4.40. The molecular weight excluding hydrogens is 311 g/mol. The van der Waals surface area contributed by atoms with Crippen LogP contribution in [0.25, 0.3) is 22.6 Å². The molecule has 22 heavy (non-hydrogen) atoms. The van der Waals surface area contributed by atoms with Crippen LogP contribution in [0.3, 0.4) is 0 Å². The van der Waals surface area contributed by atoms with Gasteiger partial charge in [0.25, 0.3) is 0 Å². The molecule has 0 N–H and O–H groups in total. The minimum absolute atomic E-state index is 0.191. The van der Waals surface area contributed by atoms with Gasteiger partial charge in [0.1, 0.15) is 5.52 Å². The zero-order valence-electron chi connectivity index (χ0n) is 11.6. The highest BCUT2D eigenvalue weighted by Crippen LogP contribution is 2.34. The average Bonchev–Trinajstić information content (AvgIpc) is 2.88. The van der Waals surface area contributed by atoms with Crippen molar-refractivity contribution in [2.45, 2.75) is 24.4 Å². The first-order valence-electron chi connectivity index (χ1n) is 6.69. The van der Waals surface area contributed by atoms with Gasteiger partial charge in [-0.05, 0) is 42.3 Å². The number of hydrogen-bond acceptors (Lipinski definition) is 3. The van der Waals surface area contributed by atoms with Crippen LogP contribution in [-0.2, 0) is 12.6 Å². The first kappa shape index (κ1) is 15.0. The summed E-state index contributed by atoms with van der Waals surface area (Å²) in [6, 6.07) is 8.78. The van der Waals surface area contributed by atoms with Gasteiger partial charge in [-0.25, -0.2) is 4.98 Å². The van der Waals surface area contributed by atoms with Crippen molar-refractivity contribution in [3.63, 3.8) is 0 Å². The van der Waals surface area contributed by atoms with Crippen molar-refractivity contribution in [2.75, 3.05) is 0 Å². The summed E-state index contributed by atoms with van der Waals surface area (Å²) >= 11 is 4.40. The van der Waals surface area contributed by atoms with E-state index in [2.05, 4.69) is 17.6 Å². The summed E-state index contributed by atoms with van der Waals surface area (Å²) in [6.07, 6.45) is -3.67. The van der Waals surface area contributed by atoms with Crippen molar-refractivity contribution in [1.82, 2.24) is 4.98 Å². The zero-order valence-corrected chi connectivity index (χ0v) is 12.5. The van der Waals surface area contributed by atoms with E-state index in [1.54, 1.807) is 0 Å². The second-order valence-corrected chi connectivity index (χ2v) is 5.34. The molecule has 6 heteroatoms. The molecule has 0 aliphatic heterocycles. The van der Waals surface area contributed by atoms with Crippen LogP contribution in [0.15, 0.2) is 45.7 Å². The molecule has 3 rings (SSSR count). The van der Waals surface area contributed by atoms with Crippen LogP contribution in [0, 0.1) is 0 Å². The van der Waals surface area contributed by atoms with Gasteiger partial charge in [0, 0.05) is 10.5 Å². The molecule has 2 aromatic carbocycles. The van der Waals surface area contributed by atoms with Gasteiger partial charge in [0.05, 0.1) is 5.56 Å². The standard InChI is InChI=1S/C16H12F3NOS/c1-2-10-11(4-3-5-14(10)22)15-20-12-8-9(16(17,18)19)6-7-13(12)21-15/h3-8,22H,2H2,1H3. The van der Waals surface area contributed by atoms with E-state index >= 15 is 0 Å². The van der Waals surface area contributed by atoms with Gasteiger partial charge >= 0.3 is 6.18 Å². The van der Waals surface area contributed by atoms with Crippen LogP contribution in [-0.4, -0.2) is 4.98 Å². The smallest absolute Gasteiger partial charge is 0.416 e. The Bertz CT molecular complexity index is 839. The van der Waals surface area contributed by atoms with Crippen molar-refractivity contribution < 1.29 is 17.6 Å². The SMILES string of the molecule is CCc1c(S)cccc1-c1nc2cc(C(F)(F)F)ccc2o1. The third kappa shape index (κ3) is 2.59. The Morgan fingerprint density at radius 3 is 2.64 bits per heavy atom.